The molecule has 5 heteroatoms. The molecule has 0 spiro atoms. The first kappa shape index (κ1) is 12.0. The summed E-state index contributed by atoms with van der Waals surface area (Å²) in [6.45, 7) is 4.87. The summed E-state index contributed by atoms with van der Waals surface area (Å²) in [4.78, 5) is 6.94. The van der Waals surface area contributed by atoms with Crippen molar-refractivity contribution in [2.45, 2.75) is 19.4 Å². The van der Waals surface area contributed by atoms with E-state index in [0.717, 1.165) is 51.4 Å². The Labute approximate surface area is 99.9 Å². The van der Waals surface area contributed by atoms with Gasteiger partial charge < -0.3 is 9.84 Å². The normalized spacial score (nSPS) is 17.8. The van der Waals surface area contributed by atoms with E-state index in [9.17, 15) is 0 Å². The number of hydrogen-bond donors (Lipinski definition) is 1. The fourth-order valence-electron chi connectivity index (χ4n) is 1.75. The summed E-state index contributed by atoms with van der Waals surface area (Å²) < 4.78 is 5.31. The Morgan fingerprint density at radius 3 is 3.00 bits per heavy atom. The van der Waals surface area contributed by atoms with Crippen LogP contribution in [0, 0.1) is 0 Å². The lowest BCUT2D eigenvalue weighted by Gasteiger charge is -2.25. The molecule has 1 saturated heterocycles. The molecule has 2 rings (SSSR count). The third kappa shape index (κ3) is 3.52. The van der Waals surface area contributed by atoms with Crippen LogP contribution in [0.15, 0.2) is 5.38 Å². The molecular weight excluding hydrogens is 224 g/mol. The summed E-state index contributed by atoms with van der Waals surface area (Å²) in [6.07, 6.45) is 1.69. The molecule has 0 aromatic carbocycles. The monoisotopic (exact) mass is 242 g/mol. The Bertz CT molecular complexity index is 311. The van der Waals surface area contributed by atoms with Crippen LogP contribution in [-0.2, 0) is 17.7 Å². The average Bonchev–Trinajstić information content (AvgIpc) is 2.75. The van der Waals surface area contributed by atoms with Crippen LogP contribution in [0.2, 0.25) is 0 Å². The van der Waals surface area contributed by atoms with E-state index in [1.54, 1.807) is 11.3 Å². The highest BCUT2D eigenvalue weighted by molar-refractivity contribution is 7.09. The van der Waals surface area contributed by atoms with Crippen molar-refractivity contribution in [3.8, 4) is 0 Å². The number of aliphatic hydroxyl groups excluding tert-OH is 1. The topological polar surface area (TPSA) is 45.6 Å². The van der Waals surface area contributed by atoms with Crippen molar-refractivity contribution in [1.29, 1.82) is 0 Å². The standard InChI is InChI=1S/C11H18N2O2S/c14-5-1-2-10-9-16-11(12-10)8-13-3-6-15-7-4-13/h9,14H,1-8H2. The summed E-state index contributed by atoms with van der Waals surface area (Å²) in [5, 5.41) is 12.0. The molecule has 0 aliphatic carbocycles. The third-order valence-corrected chi connectivity index (χ3v) is 3.54. The molecule has 0 atom stereocenters. The van der Waals surface area contributed by atoms with Crippen LogP contribution in [-0.4, -0.2) is 47.9 Å². The maximum absolute atomic E-state index is 8.75. The van der Waals surface area contributed by atoms with Gasteiger partial charge in [0.1, 0.15) is 5.01 Å². The van der Waals surface area contributed by atoms with Crippen LogP contribution in [0.1, 0.15) is 17.1 Å². The van der Waals surface area contributed by atoms with Crippen LogP contribution in [0.3, 0.4) is 0 Å². The van der Waals surface area contributed by atoms with Crippen LogP contribution >= 0.6 is 11.3 Å². The zero-order valence-electron chi connectivity index (χ0n) is 9.39. The van der Waals surface area contributed by atoms with Gasteiger partial charge >= 0.3 is 0 Å². The van der Waals surface area contributed by atoms with Gasteiger partial charge in [0.2, 0.25) is 0 Å². The molecule has 1 aromatic rings. The number of thiazole rings is 1. The first-order valence-corrected chi connectivity index (χ1v) is 6.60. The quantitative estimate of drug-likeness (QED) is 0.833. The Kier molecular flexibility index (Phi) is 4.71. The Balaban J connectivity index is 1.81. The van der Waals surface area contributed by atoms with Crippen molar-refractivity contribution in [1.82, 2.24) is 9.88 Å². The minimum atomic E-state index is 0.246. The summed E-state index contributed by atoms with van der Waals surface area (Å²) >= 11 is 1.72. The molecule has 0 unspecified atom stereocenters. The minimum Gasteiger partial charge on any atom is -0.396 e. The van der Waals surface area contributed by atoms with Crippen molar-refractivity contribution in [2.75, 3.05) is 32.9 Å². The van der Waals surface area contributed by atoms with E-state index in [-0.39, 0.29) is 6.61 Å². The van der Waals surface area contributed by atoms with Crippen LogP contribution in [0.4, 0.5) is 0 Å². The Hall–Kier alpha value is -0.490. The van der Waals surface area contributed by atoms with E-state index < -0.39 is 0 Å². The predicted octanol–water partition coefficient (Wildman–Crippen LogP) is 0.900. The highest BCUT2D eigenvalue weighted by atomic mass is 32.1. The van der Waals surface area contributed by atoms with E-state index in [1.165, 1.54) is 5.01 Å². The molecule has 0 radical (unpaired) electrons. The number of aromatic nitrogens is 1. The van der Waals surface area contributed by atoms with E-state index in [2.05, 4.69) is 15.3 Å². The number of aryl methyl sites for hydroxylation is 1. The highest BCUT2D eigenvalue weighted by Gasteiger charge is 2.12. The third-order valence-electron chi connectivity index (χ3n) is 2.65. The van der Waals surface area contributed by atoms with Crippen LogP contribution < -0.4 is 0 Å². The van der Waals surface area contributed by atoms with E-state index >= 15 is 0 Å². The molecule has 1 fully saturated rings. The average molecular weight is 242 g/mol. The summed E-state index contributed by atoms with van der Waals surface area (Å²) in [7, 11) is 0. The zero-order valence-corrected chi connectivity index (χ0v) is 10.2. The smallest absolute Gasteiger partial charge is 0.107 e. The Morgan fingerprint density at radius 1 is 1.44 bits per heavy atom. The van der Waals surface area contributed by atoms with Gasteiger partial charge in [-0.05, 0) is 12.8 Å². The van der Waals surface area contributed by atoms with Crippen molar-refractivity contribution in [3.05, 3.63) is 16.1 Å². The molecule has 4 nitrogen and oxygen atoms in total. The van der Waals surface area contributed by atoms with Crippen LogP contribution in [0.25, 0.3) is 0 Å². The maximum Gasteiger partial charge on any atom is 0.107 e. The van der Waals surface area contributed by atoms with Crippen LogP contribution in [0.5, 0.6) is 0 Å². The van der Waals surface area contributed by atoms with Crippen molar-refractivity contribution in [3.63, 3.8) is 0 Å². The molecule has 1 aliphatic heterocycles. The predicted molar refractivity (Wildman–Crippen MR) is 63.6 cm³/mol. The van der Waals surface area contributed by atoms with Crippen molar-refractivity contribution < 1.29 is 9.84 Å². The second-order valence-electron chi connectivity index (χ2n) is 3.95. The molecule has 2 heterocycles. The molecule has 0 saturated carbocycles. The van der Waals surface area contributed by atoms with Gasteiger partial charge in [-0.2, -0.15) is 0 Å². The van der Waals surface area contributed by atoms with Crippen molar-refractivity contribution in [2.24, 2.45) is 0 Å². The summed E-state index contributed by atoms with van der Waals surface area (Å²) in [6, 6.07) is 0. The van der Waals surface area contributed by atoms with Gasteiger partial charge in [-0.1, -0.05) is 0 Å². The molecule has 0 bridgehead atoms. The van der Waals surface area contributed by atoms with Gasteiger partial charge in [0, 0.05) is 25.1 Å². The van der Waals surface area contributed by atoms with Gasteiger partial charge in [0.25, 0.3) is 0 Å². The molecular formula is C11H18N2O2S. The molecule has 1 aromatic heterocycles. The molecule has 1 aliphatic rings. The molecule has 1 N–H and O–H groups in total. The lowest BCUT2D eigenvalue weighted by atomic mass is 10.3. The van der Waals surface area contributed by atoms with Gasteiger partial charge in [-0.3, -0.25) is 4.90 Å². The van der Waals surface area contributed by atoms with E-state index in [0.29, 0.717) is 0 Å². The molecule has 16 heavy (non-hydrogen) atoms. The van der Waals surface area contributed by atoms with Gasteiger partial charge in [-0.15, -0.1) is 11.3 Å². The second-order valence-corrected chi connectivity index (χ2v) is 4.89. The lowest BCUT2D eigenvalue weighted by molar-refractivity contribution is 0.0341. The molecule has 0 amide bonds. The number of aliphatic hydroxyl groups is 1. The number of ether oxygens (including phenoxy) is 1. The maximum atomic E-state index is 8.75. The summed E-state index contributed by atoms with van der Waals surface area (Å²) in [5.74, 6) is 0. The van der Waals surface area contributed by atoms with Gasteiger partial charge in [0.15, 0.2) is 0 Å². The number of hydrogen-bond acceptors (Lipinski definition) is 5. The van der Waals surface area contributed by atoms with E-state index in [4.69, 9.17) is 9.84 Å². The second kappa shape index (κ2) is 6.30. The fraction of sp³-hybridized carbons (Fsp3) is 0.727. The SMILES string of the molecule is OCCCc1csc(CN2CCOCC2)n1. The Morgan fingerprint density at radius 2 is 2.25 bits per heavy atom. The van der Waals surface area contributed by atoms with Crippen molar-refractivity contribution >= 4 is 11.3 Å². The lowest BCUT2D eigenvalue weighted by Crippen LogP contribution is -2.35. The van der Waals surface area contributed by atoms with E-state index in [1.807, 2.05) is 0 Å². The highest BCUT2D eigenvalue weighted by Crippen LogP contribution is 2.14. The fourth-order valence-corrected chi connectivity index (χ4v) is 2.62. The first-order valence-electron chi connectivity index (χ1n) is 5.73. The largest absolute Gasteiger partial charge is 0.396 e. The van der Waals surface area contributed by atoms with Gasteiger partial charge in [0.05, 0.1) is 25.5 Å². The zero-order chi connectivity index (χ0) is 11.2. The molecule has 90 valence electrons. The summed E-state index contributed by atoms with van der Waals surface area (Å²) in [5.41, 5.74) is 1.11. The number of nitrogens with zero attached hydrogens (tertiary/aromatic N) is 2. The van der Waals surface area contributed by atoms with Gasteiger partial charge in [-0.25, -0.2) is 4.98 Å². The first-order chi connectivity index (χ1) is 7.88. The number of rotatable bonds is 5. The number of morpholine rings is 1. The minimum absolute atomic E-state index is 0.246.